The quantitative estimate of drug-likeness (QED) is 0.198. The molecule has 42 heavy (non-hydrogen) atoms. The van der Waals surface area contributed by atoms with Crippen LogP contribution in [0.2, 0.25) is 0 Å². The molecule has 0 bridgehead atoms. The molecule has 0 aromatic heterocycles. The lowest BCUT2D eigenvalue weighted by atomic mass is 9.67. The summed E-state index contributed by atoms with van der Waals surface area (Å²) in [4.78, 5) is 0. The van der Waals surface area contributed by atoms with Crippen LogP contribution in [-0.2, 0) is 10.8 Å². The van der Waals surface area contributed by atoms with Gasteiger partial charge in [-0.1, -0.05) is 158 Å². The number of allylic oxidation sites excluding steroid dienone is 4. The molecule has 0 amide bonds. The average Bonchev–Trinajstić information content (AvgIpc) is 3.76. The maximum atomic E-state index is 2.62. The molecule has 6 aromatic rings. The van der Waals surface area contributed by atoms with E-state index in [0.717, 1.165) is 0 Å². The Kier molecular flexibility index (Phi) is 4.15. The van der Waals surface area contributed by atoms with E-state index in [4.69, 9.17) is 0 Å². The molecule has 0 unspecified atom stereocenters. The van der Waals surface area contributed by atoms with E-state index < -0.39 is 5.41 Å². The van der Waals surface area contributed by atoms with Crippen LogP contribution in [0.5, 0.6) is 0 Å². The number of rotatable bonds is 1. The summed E-state index contributed by atoms with van der Waals surface area (Å²) < 4.78 is 0. The summed E-state index contributed by atoms with van der Waals surface area (Å²) in [6, 6.07) is 56.8. The van der Waals surface area contributed by atoms with Crippen LogP contribution in [0.15, 0.2) is 163 Å². The maximum Gasteiger partial charge on any atom is 0.0728 e. The van der Waals surface area contributed by atoms with Gasteiger partial charge in [0.05, 0.1) is 10.8 Å². The van der Waals surface area contributed by atoms with E-state index in [-0.39, 0.29) is 5.41 Å². The molecular weight excluding hydrogens is 504 g/mol. The lowest BCUT2D eigenvalue weighted by Gasteiger charge is -2.33. The summed E-state index contributed by atoms with van der Waals surface area (Å²) in [6.45, 7) is 0. The molecule has 0 saturated carbocycles. The van der Waals surface area contributed by atoms with Crippen molar-refractivity contribution in [3.05, 3.63) is 202 Å². The van der Waals surface area contributed by atoms with Crippen molar-refractivity contribution in [1.82, 2.24) is 0 Å². The highest BCUT2D eigenvalue weighted by molar-refractivity contribution is 6.13. The second-order valence-corrected chi connectivity index (χ2v) is 12.0. The Hall–Kier alpha value is -5.20. The van der Waals surface area contributed by atoms with Crippen LogP contribution in [0, 0.1) is 0 Å². The van der Waals surface area contributed by atoms with Crippen LogP contribution in [-0.4, -0.2) is 0 Å². The Bertz CT molecular complexity index is 2100. The van der Waals surface area contributed by atoms with Gasteiger partial charge >= 0.3 is 0 Å². The van der Waals surface area contributed by atoms with Crippen molar-refractivity contribution in [3.8, 4) is 22.3 Å². The lowest BCUT2D eigenvalue weighted by Crippen LogP contribution is -2.27. The van der Waals surface area contributed by atoms with Crippen LogP contribution < -0.4 is 0 Å². The molecule has 2 spiro atoms. The Morgan fingerprint density at radius 2 is 0.690 bits per heavy atom. The summed E-state index contributed by atoms with van der Waals surface area (Å²) in [5, 5.41) is 0. The summed E-state index contributed by atoms with van der Waals surface area (Å²) >= 11 is 0. The fraction of sp³-hybridized carbons (Fsp3) is 0.0476. The Morgan fingerprint density at radius 3 is 1.21 bits per heavy atom. The van der Waals surface area contributed by atoms with Crippen LogP contribution in [0.25, 0.3) is 33.4 Å². The van der Waals surface area contributed by atoms with Crippen molar-refractivity contribution < 1.29 is 0 Å². The van der Waals surface area contributed by atoms with Gasteiger partial charge in [-0.15, -0.1) is 0 Å². The molecule has 0 nitrogen and oxygen atoms in total. The van der Waals surface area contributed by atoms with Gasteiger partial charge in [0.1, 0.15) is 0 Å². The monoisotopic (exact) mass is 530 g/mol. The van der Waals surface area contributed by atoms with Gasteiger partial charge in [-0.3, -0.25) is 0 Å². The molecular formula is C42H26. The molecule has 4 aliphatic rings. The molecule has 0 aliphatic heterocycles. The van der Waals surface area contributed by atoms with Crippen molar-refractivity contribution in [2.24, 2.45) is 0 Å². The lowest BCUT2D eigenvalue weighted by molar-refractivity contribution is 0.791. The summed E-state index contributed by atoms with van der Waals surface area (Å²) in [5.41, 5.74) is 18.4. The first-order valence-corrected chi connectivity index (χ1v) is 14.9. The van der Waals surface area contributed by atoms with Crippen LogP contribution in [0.4, 0.5) is 0 Å². The summed E-state index contributed by atoms with van der Waals surface area (Å²) in [5.74, 6) is 0. The smallest absolute Gasteiger partial charge is 0.0622 e. The average molecular weight is 531 g/mol. The highest BCUT2D eigenvalue weighted by atomic mass is 14.6. The SMILES string of the molecule is C1=C(c2ccccc2)C2=C(c3ccccc3C23c2ccccc2-c2ccccc23)C12c1ccccc1-c1ccccc12. The van der Waals surface area contributed by atoms with Crippen molar-refractivity contribution in [3.63, 3.8) is 0 Å². The van der Waals surface area contributed by atoms with Gasteiger partial charge in [-0.05, 0) is 77.9 Å². The van der Waals surface area contributed by atoms with E-state index in [0.29, 0.717) is 0 Å². The number of fused-ring (bicyclic) bond motifs is 15. The summed E-state index contributed by atoms with van der Waals surface area (Å²) in [6.07, 6.45) is 2.62. The minimum absolute atomic E-state index is 0.375. The van der Waals surface area contributed by atoms with Gasteiger partial charge in [0.25, 0.3) is 0 Å². The number of hydrogen-bond acceptors (Lipinski definition) is 0. The number of hydrogen-bond donors (Lipinski definition) is 0. The van der Waals surface area contributed by atoms with Crippen molar-refractivity contribution >= 4 is 11.1 Å². The molecule has 0 fully saturated rings. The second-order valence-electron chi connectivity index (χ2n) is 12.0. The van der Waals surface area contributed by atoms with E-state index in [2.05, 4.69) is 158 Å². The van der Waals surface area contributed by atoms with Crippen LogP contribution in [0.3, 0.4) is 0 Å². The molecule has 0 radical (unpaired) electrons. The Balaban J connectivity index is 1.45. The first-order chi connectivity index (χ1) is 20.8. The zero-order valence-corrected chi connectivity index (χ0v) is 23.0. The molecule has 0 N–H and O–H groups in total. The molecule has 0 atom stereocenters. The predicted octanol–water partition coefficient (Wildman–Crippen LogP) is 9.83. The topological polar surface area (TPSA) is 0 Å². The zero-order valence-electron chi connectivity index (χ0n) is 23.0. The van der Waals surface area contributed by atoms with Crippen molar-refractivity contribution in [2.75, 3.05) is 0 Å². The third-order valence-corrected chi connectivity index (χ3v) is 10.3. The zero-order chi connectivity index (χ0) is 27.5. The maximum absolute atomic E-state index is 2.62. The molecule has 194 valence electrons. The van der Waals surface area contributed by atoms with E-state index in [1.54, 1.807) is 0 Å². The number of benzene rings is 6. The standard InChI is InChI=1S/C42H26/c1-2-14-27(15-3-1)33-26-41(34-21-9-4-16-28(34)29-17-5-10-22-35(29)41)39-32-20-8-13-25-38(32)42(40(33)39)36-23-11-6-18-30(36)31-19-7-12-24-37(31)42/h1-26H. The van der Waals surface area contributed by atoms with E-state index >= 15 is 0 Å². The van der Waals surface area contributed by atoms with Gasteiger partial charge in [-0.25, -0.2) is 0 Å². The Labute approximate surface area is 246 Å². The van der Waals surface area contributed by atoms with E-state index in [1.807, 2.05) is 0 Å². The largest absolute Gasteiger partial charge is 0.0728 e. The van der Waals surface area contributed by atoms with Crippen LogP contribution in [0.1, 0.15) is 38.9 Å². The van der Waals surface area contributed by atoms with Gasteiger partial charge < -0.3 is 0 Å². The van der Waals surface area contributed by atoms with E-state index in [9.17, 15) is 0 Å². The van der Waals surface area contributed by atoms with Gasteiger partial charge in [0.2, 0.25) is 0 Å². The first-order valence-electron chi connectivity index (χ1n) is 14.9. The third kappa shape index (κ3) is 2.40. The molecule has 10 rings (SSSR count). The predicted molar refractivity (Wildman–Crippen MR) is 172 cm³/mol. The van der Waals surface area contributed by atoms with Gasteiger partial charge in [-0.2, -0.15) is 0 Å². The highest BCUT2D eigenvalue weighted by Crippen LogP contribution is 2.72. The van der Waals surface area contributed by atoms with Gasteiger partial charge in [0, 0.05) is 0 Å². The first kappa shape index (κ1) is 22.5. The fourth-order valence-corrected chi connectivity index (χ4v) is 8.93. The third-order valence-electron chi connectivity index (χ3n) is 10.3. The van der Waals surface area contributed by atoms with Crippen molar-refractivity contribution in [1.29, 1.82) is 0 Å². The minimum Gasteiger partial charge on any atom is -0.0622 e. The highest BCUT2D eigenvalue weighted by Gasteiger charge is 2.61. The van der Waals surface area contributed by atoms with E-state index in [1.165, 1.54) is 77.9 Å². The second kappa shape index (κ2) is 7.75. The van der Waals surface area contributed by atoms with Gasteiger partial charge in [0.15, 0.2) is 0 Å². The normalized spacial score (nSPS) is 17.0. The van der Waals surface area contributed by atoms with Crippen molar-refractivity contribution in [2.45, 2.75) is 10.8 Å². The minimum atomic E-state index is -0.392. The molecule has 0 saturated heterocycles. The molecule has 6 aromatic carbocycles. The summed E-state index contributed by atoms with van der Waals surface area (Å²) in [7, 11) is 0. The molecule has 0 heterocycles. The molecule has 0 heteroatoms. The molecule has 4 aliphatic carbocycles. The fourth-order valence-electron chi connectivity index (χ4n) is 8.93. The Morgan fingerprint density at radius 1 is 0.310 bits per heavy atom. The van der Waals surface area contributed by atoms with Crippen LogP contribution >= 0.6 is 0 Å².